The molecule has 0 saturated carbocycles. The third-order valence-corrected chi connectivity index (χ3v) is 4.32. The van der Waals surface area contributed by atoms with E-state index in [-0.39, 0.29) is 6.03 Å². The van der Waals surface area contributed by atoms with Gasteiger partial charge in [-0.15, -0.1) is 0 Å². The summed E-state index contributed by atoms with van der Waals surface area (Å²) in [4.78, 5) is 26.1. The van der Waals surface area contributed by atoms with E-state index in [9.17, 15) is 4.79 Å². The standard InChI is InChI=1S/C16H24N6O/c1-12(2)22-9-7-17-14(22)10-20-16(23)21-8-3-4-13(11-21)15-18-5-6-19-15/h5-7,9,12-13H,3-4,8,10-11H2,1-2H3,(H,18,19)(H,20,23). The fourth-order valence-corrected chi connectivity index (χ4v) is 3.10. The van der Waals surface area contributed by atoms with Gasteiger partial charge >= 0.3 is 6.03 Å². The van der Waals surface area contributed by atoms with Gasteiger partial charge in [-0.05, 0) is 26.7 Å². The fraction of sp³-hybridized carbons (Fsp3) is 0.562. The van der Waals surface area contributed by atoms with Crippen molar-refractivity contribution >= 4 is 6.03 Å². The molecule has 7 nitrogen and oxygen atoms in total. The van der Waals surface area contributed by atoms with Crippen LogP contribution in [0.4, 0.5) is 4.79 Å². The predicted molar refractivity (Wildman–Crippen MR) is 87.0 cm³/mol. The number of piperidine rings is 1. The molecule has 1 fully saturated rings. The second-order valence-electron chi connectivity index (χ2n) is 6.26. The number of nitrogens with zero attached hydrogens (tertiary/aromatic N) is 4. The van der Waals surface area contributed by atoms with E-state index in [2.05, 4.69) is 38.7 Å². The van der Waals surface area contributed by atoms with E-state index in [4.69, 9.17) is 0 Å². The summed E-state index contributed by atoms with van der Waals surface area (Å²) in [6.45, 7) is 6.16. The smallest absolute Gasteiger partial charge is 0.317 e. The van der Waals surface area contributed by atoms with Crippen LogP contribution in [0.2, 0.25) is 0 Å². The molecule has 2 aromatic heterocycles. The first-order chi connectivity index (χ1) is 11.1. The zero-order valence-electron chi connectivity index (χ0n) is 13.7. The minimum Gasteiger partial charge on any atom is -0.348 e. The molecule has 1 aliphatic heterocycles. The molecule has 23 heavy (non-hydrogen) atoms. The Morgan fingerprint density at radius 2 is 2.30 bits per heavy atom. The summed E-state index contributed by atoms with van der Waals surface area (Å²) in [5, 5.41) is 2.99. The number of aromatic nitrogens is 4. The quantitative estimate of drug-likeness (QED) is 0.908. The normalized spacial score (nSPS) is 18.4. The van der Waals surface area contributed by atoms with Crippen LogP contribution < -0.4 is 5.32 Å². The lowest BCUT2D eigenvalue weighted by molar-refractivity contribution is 0.177. The van der Waals surface area contributed by atoms with Gasteiger partial charge in [-0.25, -0.2) is 14.8 Å². The summed E-state index contributed by atoms with van der Waals surface area (Å²) in [6.07, 6.45) is 9.38. The molecule has 7 heteroatoms. The van der Waals surface area contributed by atoms with Crippen LogP contribution in [0.1, 0.15) is 50.3 Å². The van der Waals surface area contributed by atoms with Crippen molar-refractivity contribution in [3.8, 4) is 0 Å². The summed E-state index contributed by atoms with van der Waals surface area (Å²) < 4.78 is 2.07. The predicted octanol–water partition coefficient (Wildman–Crippen LogP) is 2.28. The van der Waals surface area contributed by atoms with Crippen molar-refractivity contribution in [1.29, 1.82) is 0 Å². The molecule has 0 bridgehead atoms. The monoisotopic (exact) mass is 316 g/mol. The van der Waals surface area contributed by atoms with E-state index in [0.29, 0.717) is 25.0 Å². The first-order valence-electron chi connectivity index (χ1n) is 8.19. The molecular weight excluding hydrogens is 292 g/mol. The summed E-state index contributed by atoms with van der Waals surface area (Å²) in [6, 6.07) is 0.308. The van der Waals surface area contributed by atoms with Crippen molar-refractivity contribution in [3.63, 3.8) is 0 Å². The Balaban J connectivity index is 1.56. The van der Waals surface area contributed by atoms with E-state index >= 15 is 0 Å². The number of hydrogen-bond donors (Lipinski definition) is 2. The topological polar surface area (TPSA) is 78.8 Å². The molecule has 1 aliphatic rings. The highest BCUT2D eigenvalue weighted by Gasteiger charge is 2.26. The van der Waals surface area contributed by atoms with Gasteiger partial charge in [-0.2, -0.15) is 0 Å². The molecule has 0 radical (unpaired) electrons. The van der Waals surface area contributed by atoms with E-state index in [1.54, 1.807) is 12.4 Å². The Labute approximate surface area is 136 Å². The Morgan fingerprint density at radius 3 is 3.04 bits per heavy atom. The van der Waals surface area contributed by atoms with Crippen molar-refractivity contribution < 1.29 is 4.79 Å². The molecule has 1 unspecified atom stereocenters. The highest BCUT2D eigenvalue weighted by Crippen LogP contribution is 2.24. The number of H-pyrrole nitrogens is 1. The molecule has 0 spiro atoms. The van der Waals surface area contributed by atoms with Crippen LogP contribution in [0, 0.1) is 0 Å². The molecule has 3 heterocycles. The maximum atomic E-state index is 12.4. The van der Waals surface area contributed by atoms with E-state index < -0.39 is 0 Å². The number of urea groups is 1. The maximum absolute atomic E-state index is 12.4. The van der Waals surface area contributed by atoms with Gasteiger partial charge in [0.15, 0.2) is 0 Å². The molecule has 1 atom stereocenters. The lowest BCUT2D eigenvalue weighted by Crippen LogP contribution is -2.45. The van der Waals surface area contributed by atoms with Gasteiger partial charge in [0.2, 0.25) is 0 Å². The van der Waals surface area contributed by atoms with Crippen molar-refractivity contribution in [2.45, 2.75) is 45.2 Å². The summed E-state index contributed by atoms with van der Waals surface area (Å²) in [5.74, 6) is 2.15. The molecule has 2 aromatic rings. The van der Waals surface area contributed by atoms with E-state index in [0.717, 1.165) is 31.0 Å². The molecule has 124 valence electrons. The van der Waals surface area contributed by atoms with Crippen LogP contribution in [-0.4, -0.2) is 43.5 Å². The highest BCUT2D eigenvalue weighted by atomic mass is 16.2. The minimum absolute atomic E-state index is 0.0282. The molecule has 2 amide bonds. The van der Waals surface area contributed by atoms with Crippen LogP contribution in [-0.2, 0) is 6.54 Å². The second kappa shape index (κ2) is 6.85. The summed E-state index contributed by atoms with van der Waals surface area (Å²) in [5.41, 5.74) is 0. The lowest BCUT2D eigenvalue weighted by Gasteiger charge is -2.31. The van der Waals surface area contributed by atoms with Crippen LogP contribution in [0.5, 0.6) is 0 Å². The SMILES string of the molecule is CC(C)n1ccnc1CNC(=O)N1CCCC(c2ncc[nH]2)C1. The van der Waals surface area contributed by atoms with Gasteiger partial charge in [0.05, 0.1) is 6.54 Å². The van der Waals surface area contributed by atoms with Crippen molar-refractivity contribution in [1.82, 2.24) is 29.7 Å². The molecular formula is C16H24N6O. The number of imidazole rings is 2. The highest BCUT2D eigenvalue weighted by molar-refractivity contribution is 5.74. The maximum Gasteiger partial charge on any atom is 0.317 e. The Bertz CT molecular complexity index is 633. The molecule has 2 N–H and O–H groups in total. The average molecular weight is 316 g/mol. The number of carbonyl (C=O) groups excluding carboxylic acids is 1. The van der Waals surface area contributed by atoms with Gasteiger partial charge in [0.25, 0.3) is 0 Å². The van der Waals surface area contributed by atoms with Gasteiger partial charge in [-0.3, -0.25) is 0 Å². The zero-order chi connectivity index (χ0) is 16.2. The van der Waals surface area contributed by atoms with Gasteiger partial charge in [0, 0.05) is 49.8 Å². The van der Waals surface area contributed by atoms with Crippen molar-refractivity contribution in [2.24, 2.45) is 0 Å². The fourth-order valence-electron chi connectivity index (χ4n) is 3.10. The summed E-state index contributed by atoms with van der Waals surface area (Å²) >= 11 is 0. The number of hydrogen-bond acceptors (Lipinski definition) is 3. The first-order valence-corrected chi connectivity index (χ1v) is 8.19. The van der Waals surface area contributed by atoms with Crippen molar-refractivity contribution in [2.75, 3.05) is 13.1 Å². The molecule has 3 rings (SSSR count). The Hall–Kier alpha value is -2.31. The largest absolute Gasteiger partial charge is 0.348 e. The molecule has 1 saturated heterocycles. The Morgan fingerprint density at radius 1 is 1.43 bits per heavy atom. The van der Waals surface area contributed by atoms with Crippen molar-refractivity contribution in [3.05, 3.63) is 36.4 Å². The van der Waals surface area contributed by atoms with Gasteiger partial charge < -0.3 is 19.8 Å². The summed E-state index contributed by atoms with van der Waals surface area (Å²) in [7, 11) is 0. The average Bonchev–Trinajstić information content (AvgIpc) is 3.24. The van der Waals surface area contributed by atoms with E-state index in [1.165, 1.54) is 0 Å². The number of nitrogens with one attached hydrogen (secondary N) is 2. The number of carbonyl (C=O) groups is 1. The van der Waals surface area contributed by atoms with E-state index in [1.807, 2.05) is 17.3 Å². The second-order valence-corrected chi connectivity index (χ2v) is 6.26. The lowest BCUT2D eigenvalue weighted by atomic mass is 9.98. The number of likely N-dealkylation sites (tertiary alicyclic amines) is 1. The van der Waals surface area contributed by atoms with Crippen LogP contribution >= 0.6 is 0 Å². The first kappa shape index (κ1) is 15.6. The number of aromatic amines is 1. The third kappa shape index (κ3) is 3.55. The Kier molecular flexibility index (Phi) is 4.64. The molecule has 0 aromatic carbocycles. The minimum atomic E-state index is -0.0282. The van der Waals surface area contributed by atoms with Crippen LogP contribution in [0.25, 0.3) is 0 Å². The molecule has 0 aliphatic carbocycles. The van der Waals surface area contributed by atoms with Crippen LogP contribution in [0.3, 0.4) is 0 Å². The third-order valence-electron chi connectivity index (χ3n) is 4.32. The zero-order valence-corrected chi connectivity index (χ0v) is 13.7. The number of amides is 2. The van der Waals surface area contributed by atoms with Gasteiger partial charge in [-0.1, -0.05) is 0 Å². The number of rotatable bonds is 4. The van der Waals surface area contributed by atoms with Crippen LogP contribution in [0.15, 0.2) is 24.8 Å². The van der Waals surface area contributed by atoms with Gasteiger partial charge in [0.1, 0.15) is 11.6 Å².